The van der Waals surface area contributed by atoms with Crippen molar-refractivity contribution in [2.45, 2.75) is 12.8 Å². The second-order valence-corrected chi connectivity index (χ2v) is 16.8. The van der Waals surface area contributed by atoms with Crippen molar-refractivity contribution in [3.63, 3.8) is 0 Å². The molecule has 0 amide bonds. The highest BCUT2D eigenvalue weighted by Crippen LogP contribution is 2.42. The van der Waals surface area contributed by atoms with Crippen LogP contribution in [0.3, 0.4) is 0 Å². The van der Waals surface area contributed by atoms with Crippen molar-refractivity contribution >= 4 is 71.8 Å². The van der Waals surface area contributed by atoms with E-state index in [9.17, 15) is 0 Å². The van der Waals surface area contributed by atoms with E-state index < -0.39 is 0 Å². The van der Waals surface area contributed by atoms with Crippen molar-refractivity contribution in [3.05, 3.63) is 254 Å². The third kappa shape index (κ3) is 6.95. The Bertz CT molecular complexity index is 3530. The largest absolute Gasteiger partial charge is 0.311 e. The fraction of sp³-hybridized carbons (Fsp3) is 0.0323. The van der Waals surface area contributed by atoms with Gasteiger partial charge < -0.3 is 14.4 Å². The molecule has 0 fully saturated rings. The van der Waals surface area contributed by atoms with E-state index in [0.29, 0.717) is 0 Å². The number of aromatic nitrogens is 1. The first-order chi connectivity index (χ1) is 32.2. The predicted molar refractivity (Wildman–Crippen MR) is 276 cm³/mol. The molecule has 0 spiro atoms. The molecule has 3 heteroatoms. The summed E-state index contributed by atoms with van der Waals surface area (Å²) in [5.74, 6) is 0. The maximum absolute atomic E-state index is 2.49. The molecule has 0 saturated heterocycles. The first kappa shape index (κ1) is 38.3. The Balaban J connectivity index is 1.00. The third-order valence-electron chi connectivity index (χ3n) is 12.9. The summed E-state index contributed by atoms with van der Waals surface area (Å²) in [7, 11) is 0. The molecule has 65 heavy (non-hydrogen) atoms. The smallest absolute Gasteiger partial charge is 0.0546 e. The first-order valence-corrected chi connectivity index (χ1v) is 22.6. The highest BCUT2D eigenvalue weighted by molar-refractivity contribution is 6.16. The lowest BCUT2D eigenvalue weighted by atomic mass is 9.99. The summed E-state index contributed by atoms with van der Waals surface area (Å²) in [6.45, 7) is 0. The summed E-state index contributed by atoms with van der Waals surface area (Å²) < 4.78 is 2.49. The lowest BCUT2D eigenvalue weighted by molar-refractivity contribution is 0.997. The van der Waals surface area contributed by atoms with E-state index in [1.54, 1.807) is 0 Å². The molecule has 12 rings (SSSR count). The molecule has 0 N–H and O–H groups in total. The maximum atomic E-state index is 2.49. The molecular formula is C62H45N3. The van der Waals surface area contributed by atoms with Gasteiger partial charge in [-0.3, -0.25) is 0 Å². The average molecular weight is 832 g/mol. The number of allylic oxidation sites excluding steroid dienone is 3. The summed E-state index contributed by atoms with van der Waals surface area (Å²) in [5.41, 5.74) is 15.1. The molecular weight excluding hydrogens is 787 g/mol. The van der Waals surface area contributed by atoms with Gasteiger partial charge in [0.05, 0.1) is 16.7 Å². The lowest BCUT2D eigenvalue weighted by Crippen LogP contribution is -2.16. The number of fused-ring (bicyclic) bond motifs is 6. The van der Waals surface area contributed by atoms with Gasteiger partial charge in [0.2, 0.25) is 0 Å². The summed E-state index contributed by atoms with van der Waals surface area (Å²) in [4.78, 5) is 4.67. The molecule has 10 aromatic carbocycles. The van der Waals surface area contributed by atoms with Gasteiger partial charge >= 0.3 is 0 Å². The molecule has 1 aromatic heterocycles. The molecule has 1 aliphatic rings. The number of para-hydroxylation sites is 3. The van der Waals surface area contributed by atoms with Crippen LogP contribution in [0.2, 0.25) is 0 Å². The van der Waals surface area contributed by atoms with Crippen LogP contribution >= 0.6 is 0 Å². The quantitative estimate of drug-likeness (QED) is 0.134. The zero-order chi connectivity index (χ0) is 43.1. The molecule has 0 saturated carbocycles. The van der Waals surface area contributed by atoms with Crippen LogP contribution in [0.1, 0.15) is 12.8 Å². The van der Waals surface area contributed by atoms with E-state index in [2.05, 4.69) is 263 Å². The Labute approximate surface area is 379 Å². The van der Waals surface area contributed by atoms with Crippen LogP contribution in [-0.4, -0.2) is 4.57 Å². The molecule has 0 atom stereocenters. The van der Waals surface area contributed by atoms with Crippen molar-refractivity contribution in [2.75, 3.05) is 9.80 Å². The van der Waals surface area contributed by atoms with Gasteiger partial charge in [-0.25, -0.2) is 0 Å². The van der Waals surface area contributed by atoms with E-state index in [1.165, 1.54) is 77.0 Å². The van der Waals surface area contributed by atoms with Crippen molar-refractivity contribution in [1.29, 1.82) is 0 Å². The van der Waals surface area contributed by atoms with E-state index in [-0.39, 0.29) is 0 Å². The van der Waals surface area contributed by atoms with Crippen molar-refractivity contribution in [3.8, 4) is 27.9 Å². The van der Waals surface area contributed by atoms with Crippen molar-refractivity contribution in [1.82, 2.24) is 4.57 Å². The zero-order valence-corrected chi connectivity index (χ0v) is 35.9. The number of hydrogen-bond acceptors (Lipinski definition) is 2. The topological polar surface area (TPSA) is 11.4 Å². The fourth-order valence-corrected chi connectivity index (χ4v) is 9.86. The SMILES string of the molecule is C1=CC(N(c2ccccc2)c2ccc(-c3ccc4c(c3)c3cc(-c5ccc(N(c6ccccc6)c6ccccc6)cc5)ccc3n4-c3cc4ccccc4c4ccccc34)cc2)=CCC1. The molecule has 0 unspecified atom stereocenters. The average Bonchev–Trinajstić information content (AvgIpc) is 3.71. The first-order valence-electron chi connectivity index (χ1n) is 22.6. The summed E-state index contributed by atoms with van der Waals surface area (Å²) >= 11 is 0. The van der Waals surface area contributed by atoms with Gasteiger partial charge in [0, 0.05) is 50.3 Å². The van der Waals surface area contributed by atoms with Crippen molar-refractivity contribution in [2.24, 2.45) is 0 Å². The third-order valence-corrected chi connectivity index (χ3v) is 12.9. The van der Waals surface area contributed by atoms with Crippen LogP contribution in [0.5, 0.6) is 0 Å². The molecule has 0 bridgehead atoms. The highest BCUT2D eigenvalue weighted by Gasteiger charge is 2.19. The van der Waals surface area contributed by atoms with Gasteiger partial charge in [0.15, 0.2) is 0 Å². The van der Waals surface area contributed by atoms with Crippen LogP contribution in [0.25, 0.3) is 71.3 Å². The van der Waals surface area contributed by atoms with E-state index >= 15 is 0 Å². The second-order valence-electron chi connectivity index (χ2n) is 16.8. The predicted octanol–water partition coefficient (Wildman–Crippen LogP) is 17.3. The normalized spacial score (nSPS) is 12.5. The molecule has 11 aromatic rings. The summed E-state index contributed by atoms with van der Waals surface area (Å²) in [6.07, 6.45) is 8.99. The Morgan fingerprint density at radius 3 is 1.31 bits per heavy atom. The minimum absolute atomic E-state index is 1.05. The van der Waals surface area contributed by atoms with E-state index in [0.717, 1.165) is 41.3 Å². The number of benzene rings is 10. The van der Waals surface area contributed by atoms with Crippen LogP contribution in [0.4, 0.5) is 28.4 Å². The maximum Gasteiger partial charge on any atom is 0.0546 e. The number of hydrogen-bond donors (Lipinski definition) is 0. The van der Waals surface area contributed by atoms with E-state index in [4.69, 9.17) is 0 Å². The van der Waals surface area contributed by atoms with Crippen LogP contribution in [-0.2, 0) is 0 Å². The summed E-state index contributed by atoms with van der Waals surface area (Å²) in [5, 5.41) is 7.43. The molecule has 0 radical (unpaired) electrons. The molecule has 1 heterocycles. The Morgan fingerprint density at radius 2 is 0.769 bits per heavy atom. The van der Waals surface area contributed by atoms with E-state index in [1.807, 2.05) is 0 Å². The van der Waals surface area contributed by atoms with Gasteiger partial charge in [0.1, 0.15) is 0 Å². The minimum atomic E-state index is 1.05. The minimum Gasteiger partial charge on any atom is -0.311 e. The van der Waals surface area contributed by atoms with Crippen LogP contribution in [0.15, 0.2) is 254 Å². The lowest BCUT2D eigenvalue weighted by Gasteiger charge is -2.27. The highest BCUT2D eigenvalue weighted by atomic mass is 15.1. The number of nitrogens with zero attached hydrogens (tertiary/aromatic N) is 3. The fourth-order valence-electron chi connectivity index (χ4n) is 9.86. The molecule has 3 nitrogen and oxygen atoms in total. The van der Waals surface area contributed by atoms with Crippen LogP contribution < -0.4 is 9.80 Å². The Kier molecular flexibility index (Phi) is 9.65. The monoisotopic (exact) mass is 831 g/mol. The number of rotatable bonds is 9. The molecule has 1 aliphatic carbocycles. The van der Waals surface area contributed by atoms with Crippen LogP contribution in [0, 0.1) is 0 Å². The second kappa shape index (κ2) is 16.4. The van der Waals surface area contributed by atoms with Gasteiger partial charge in [-0.1, -0.05) is 152 Å². The van der Waals surface area contributed by atoms with Gasteiger partial charge in [0.25, 0.3) is 0 Å². The summed E-state index contributed by atoms with van der Waals surface area (Å²) in [6, 6.07) is 83.9. The zero-order valence-electron chi connectivity index (χ0n) is 35.9. The van der Waals surface area contributed by atoms with Gasteiger partial charge in [-0.05, 0) is 148 Å². The Hall–Kier alpha value is -8.40. The number of anilines is 5. The van der Waals surface area contributed by atoms with Gasteiger partial charge in [-0.2, -0.15) is 0 Å². The Morgan fingerprint density at radius 1 is 0.323 bits per heavy atom. The molecule has 308 valence electrons. The standard InChI is InChI=1S/C62H45N3/c1-5-18-49(19-6-1)63(50-20-7-2-8-21-50)53-35-29-44(30-36-53)46-33-39-60-58(41-46)59-42-47(45-31-37-54(38-32-45)64(51-22-9-3-10-23-51)52-24-11-4-12-25-52)34-40-61(59)65(60)62-43-48-17-13-14-26-55(48)56-27-15-16-28-57(56)62/h1-3,5-11,13-43H,4,12H2. The van der Waals surface area contributed by atoms with Crippen molar-refractivity contribution < 1.29 is 0 Å². The van der Waals surface area contributed by atoms with Gasteiger partial charge in [-0.15, -0.1) is 0 Å². The molecule has 0 aliphatic heterocycles.